The molecule has 1 unspecified atom stereocenters. The molecule has 0 heterocycles. The van der Waals surface area contributed by atoms with E-state index >= 15 is 0 Å². The fourth-order valence-electron chi connectivity index (χ4n) is 3.09. The van der Waals surface area contributed by atoms with Crippen LogP contribution in [0.1, 0.15) is 52.2 Å². The highest BCUT2D eigenvalue weighted by Crippen LogP contribution is 2.24. The molecule has 2 amide bonds. The summed E-state index contributed by atoms with van der Waals surface area (Å²) in [6.45, 7) is 10.8. The molecule has 0 radical (unpaired) electrons. The lowest BCUT2D eigenvalue weighted by molar-refractivity contribution is -0.142. The van der Waals surface area contributed by atoms with Gasteiger partial charge in [-0.1, -0.05) is 63.6 Å². The molecule has 0 aliphatic rings. The monoisotopic (exact) mass is 444 g/mol. The maximum Gasteiger partial charge on any atom is 0.261 e. The Morgan fingerprint density at radius 3 is 2.39 bits per heavy atom. The van der Waals surface area contributed by atoms with Gasteiger partial charge in [0.15, 0.2) is 6.61 Å². The molecule has 168 valence electrons. The van der Waals surface area contributed by atoms with Crippen LogP contribution in [0.25, 0.3) is 0 Å². The maximum atomic E-state index is 13.0. The van der Waals surface area contributed by atoms with Crippen molar-refractivity contribution in [1.29, 1.82) is 0 Å². The van der Waals surface area contributed by atoms with E-state index in [1.165, 1.54) is 10.5 Å². The highest BCUT2D eigenvalue weighted by molar-refractivity contribution is 6.30. The van der Waals surface area contributed by atoms with Crippen LogP contribution in [0, 0.1) is 0 Å². The number of rotatable bonds is 9. The Morgan fingerprint density at radius 2 is 1.81 bits per heavy atom. The quantitative estimate of drug-likeness (QED) is 0.594. The first kappa shape index (κ1) is 24.7. The van der Waals surface area contributed by atoms with Crippen molar-refractivity contribution in [3.05, 3.63) is 64.7 Å². The first-order chi connectivity index (χ1) is 14.6. The molecule has 0 spiro atoms. The summed E-state index contributed by atoms with van der Waals surface area (Å²) in [6.07, 6.45) is 0.828. The van der Waals surface area contributed by atoms with E-state index in [9.17, 15) is 9.59 Å². The molecule has 31 heavy (non-hydrogen) atoms. The molecule has 0 aliphatic heterocycles. The second-order valence-corrected chi connectivity index (χ2v) is 9.12. The predicted molar refractivity (Wildman–Crippen MR) is 125 cm³/mol. The van der Waals surface area contributed by atoms with Crippen molar-refractivity contribution in [2.75, 3.05) is 13.2 Å². The highest BCUT2D eigenvalue weighted by Gasteiger charge is 2.26. The van der Waals surface area contributed by atoms with Gasteiger partial charge in [-0.3, -0.25) is 9.59 Å². The number of carbonyl (C=O) groups excluding carboxylic acids is 2. The Hall–Kier alpha value is -2.53. The Kier molecular flexibility index (Phi) is 8.93. The van der Waals surface area contributed by atoms with Crippen LogP contribution in [0.4, 0.5) is 0 Å². The van der Waals surface area contributed by atoms with Gasteiger partial charge < -0.3 is 15.0 Å². The van der Waals surface area contributed by atoms with Crippen LogP contribution in [-0.2, 0) is 21.5 Å². The third-order valence-corrected chi connectivity index (χ3v) is 5.28. The van der Waals surface area contributed by atoms with Gasteiger partial charge in [0.1, 0.15) is 11.8 Å². The second kappa shape index (κ2) is 11.2. The summed E-state index contributed by atoms with van der Waals surface area (Å²) in [5, 5.41) is 3.45. The van der Waals surface area contributed by atoms with Crippen molar-refractivity contribution in [3.63, 3.8) is 0 Å². The number of hydrogen-bond acceptors (Lipinski definition) is 3. The van der Waals surface area contributed by atoms with Gasteiger partial charge in [-0.25, -0.2) is 0 Å². The normalized spacial score (nSPS) is 12.2. The SMILES string of the molecule is CCCNC(=O)C(C)N(Cc1cccc(Cl)c1)C(=O)COc1ccc(C(C)(C)C)cc1. The third-order valence-electron chi connectivity index (χ3n) is 5.04. The molecule has 2 aromatic carbocycles. The largest absolute Gasteiger partial charge is 0.484 e. The van der Waals surface area contributed by atoms with Crippen LogP contribution in [-0.4, -0.2) is 35.9 Å². The Morgan fingerprint density at radius 1 is 1.13 bits per heavy atom. The van der Waals surface area contributed by atoms with Crippen LogP contribution in [0.15, 0.2) is 48.5 Å². The summed E-state index contributed by atoms with van der Waals surface area (Å²) >= 11 is 6.10. The van der Waals surface area contributed by atoms with E-state index in [1.54, 1.807) is 19.1 Å². The average Bonchev–Trinajstić information content (AvgIpc) is 2.73. The van der Waals surface area contributed by atoms with Gasteiger partial charge in [0, 0.05) is 18.1 Å². The fraction of sp³-hybridized carbons (Fsp3) is 0.440. The number of nitrogens with zero attached hydrogens (tertiary/aromatic N) is 1. The minimum Gasteiger partial charge on any atom is -0.484 e. The van der Waals surface area contributed by atoms with Crippen molar-refractivity contribution >= 4 is 23.4 Å². The fourth-order valence-corrected chi connectivity index (χ4v) is 3.30. The third kappa shape index (κ3) is 7.59. The first-order valence-electron chi connectivity index (χ1n) is 10.7. The zero-order valence-electron chi connectivity index (χ0n) is 19.1. The molecular formula is C25H33ClN2O3. The van der Waals surface area contributed by atoms with Gasteiger partial charge >= 0.3 is 0 Å². The van der Waals surface area contributed by atoms with E-state index in [0.717, 1.165) is 12.0 Å². The number of ether oxygens (including phenoxy) is 1. The zero-order valence-corrected chi connectivity index (χ0v) is 19.8. The van der Waals surface area contributed by atoms with E-state index in [-0.39, 0.29) is 30.4 Å². The van der Waals surface area contributed by atoms with Crippen molar-refractivity contribution in [2.45, 2.75) is 59.0 Å². The second-order valence-electron chi connectivity index (χ2n) is 8.68. The van der Waals surface area contributed by atoms with Crippen LogP contribution in [0.3, 0.4) is 0 Å². The lowest BCUT2D eigenvalue weighted by Crippen LogP contribution is -2.49. The lowest BCUT2D eigenvalue weighted by atomic mass is 9.87. The Labute approximate surface area is 190 Å². The summed E-state index contributed by atoms with van der Waals surface area (Å²) in [5.41, 5.74) is 2.09. The molecule has 0 aromatic heterocycles. The number of nitrogens with one attached hydrogen (secondary N) is 1. The molecule has 0 bridgehead atoms. The predicted octanol–water partition coefficient (Wildman–Crippen LogP) is 4.96. The van der Waals surface area contributed by atoms with Gasteiger partial charge in [-0.15, -0.1) is 0 Å². The number of halogens is 1. The molecule has 2 aromatic rings. The molecular weight excluding hydrogens is 412 g/mol. The molecule has 1 N–H and O–H groups in total. The molecule has 2 rings (SSSR count). The van der Waals surface area contributed by atoms with Crippen LogP contribution < -0.4 is 10.1 Å². The van der Waals surface area contributed by atoms with E-state index in [2.05, 4.69) is 26.1 Å². The molecule has 0 aliphatic carbocycles. The minimum absolute atomic E-state index is 0.0450. The molecule has 0 saturated heterocycles. The minimum atomic E-state index is -0.634. The standard InChI is InChI=1S/C25H33ClN2O3/c1-6-14-27-24(30)18(2)28(16-19-8-7-9-21(26)15-19)23(29)17-31-22-12-10-20(11-13-22)25(3,4)5/h7-13,15,18H,6,14,16-17H2,1-5H3,(H,27,30). The highest BCUT2D eigenvalue weighted by atomic mass is 35.5. The Bertz CT molecular complexity index is 875. The van der Waals surface area contributed by atoms with Crippen LogP contribution in [0.2, 0.25) is 5.02 Å². The average molecular weight is 445 g/mol. The molecule has 5 nitrogen and oxygen atoms in total. The van der Waals surface area contributed by atoms with E-state index in [4.69, 9.17) is 16.3 Å². The van der Waals surface area contributed by atoms with Crippen molar-refractivity contribution in [3.8, 4) is 5.75 Å². The molecule has 0 saturated carbocycles. The van der Waals surface area contributed by atoms with Gasteiger partial charge in [0.05, 0.1) is 0 Å². The van der Waals surface area contributed by atoms with Crippen LogP contribution >= 0.6 is 11.6 Å². The van der Waals surface area contributed by atoms with Crippen molar-refractivity contribution < 1.29 is 14.3 Å². The number of benzene rings is 2. The van der Waals surface area contributed by atoms with Crippen molar-refractivity contribution in [2.24, 2.45) is 0 Å². The van der Waals surface area contributed by atoms with Crippen LogP contribution in [0.5, 0.6) is 5.75 Å². The number of hydrogen-bond donors (Lipinski definition) is 1. The number of carbonyl (C=O) groups is 2. The zero-order chi connectivity index (χ0) is 23.0. The summed E-state index contributed by atoms with van der Waals surface area (Å²) in [7, 11) is 0. The summed E-state index contributed by atoms with van der Waals surface area (Å²) < 4.78 is 5.74. The number of amides is 2. The van der Waals surface area contributed by atoms with Gasteiger partial charge in [0.25, 0.3) is 5.91 Å². The van der Waals surface area contributed by atoms with E-state index in [0.29, 0.717) is 17.3 Å². The van der Waals surface area contributed by atoms with Gasteiger partial charge in [-0.05, 0) is 54.2 Å². The summed E-state index contributed by atoms with van der Waals surface area (Å²) in [5.74, 6) is 0.165. The Balaban J connectivity index is 2.12. The molecule has 0 fully saturated rings. The smallest absolute Gasteiger partial charge is 0.261 e. The lowest BCUT2D eigenvalue weighted by Gasteiger charge is -2.29. The summed E-state index contributed by atoms with van der Waals surface area (Å²) in [6, 6.07) is 14.4. The van der Waals surface area contributed by atoms with Gasteiger partial charge in [0.2, 0.25) is 5.91 Å². The van der Waals surface area contributed by atoms with E-state index in [1.807, 2.05) is 43.3 Å². The molecule has 1 atom stereocenters. The molecule has 6 heteroatoms. The maximum absolute atomic E-state index is 13.0. The van der Waals surface area contributed by atoms with Crippen molar-refractivity contribution in [1.82, 2.24) is 10.2 Å². The van der Waals surface area contributed by atoms with E-state index < -0.39 is 6.04 Å². The topological polar surface area (TPSA) is 58.6 Å². The van der Waals surface area contributed by atoms with Gasteiger partial charge in [-0.2, -0.15) is 0 Å². The first-order valence-corrected chi connectivity index (χ1v) is 11.0. The summed E-state index contributed by atoms with van der Waals surface area (Å²) in [4.78, 5) is 27.1.